The molecule has 1 aromatic rings. The van der Waals surface area contributed by atoms with Crippen molar-refractivity contribution in [2.75, 3.05) is 0 Å². The van der Waals surface area contributed by atoms with Gasteiger partial charge in [0, 0.05) is 6.04 Å². The van der Waals surface area contributed by atoms with Crippen LogP contribution in [-0.4, -0.2) is 17.1 Å². The second-order valence-electron chi connectivity index (χ2n) is 4.58. The Balaban J connectivity index is 2.81. The van der Waals surface area contributed by atoms with Crippen LogP contribution in [0.5, 0.6) is 0 Å². The fourth-order valence-corrected chi connectivity index (χ4v) is 1.70. The summed E-state index contributed by atoms with van der Waals surface area (Å²) in [5.41, 5.74) is 2.74. The van der Waals surface area contributed by atoms with Gasteiger partial charge in [0.1, 0.15) is 0 Å². The maximum atomic E-state index is 11.8. The van der Waals surface area contributed by atoms with Gasteiger partial charge in [-0.15, -0.1) is 0 Å². The van der Waals surface area contributed by atoms with Gasteiger partial charge in [0.25, 0.3) is 5.91 Å². The van der Waals surface area contributed by atoms with E-state index in [2.05, 4.69) is 5.32 Å². The van der Waals surface area contributed by atoms with Crippen LogP contribution in [0.25, 0.3) is 0 Å². The largest absolute Gasteiger partial charge is 0.378 e. The lowest BCUT2D eigenvalue weighted by Crippen LogP contribution is -2.36. The van der Waals surface area contributed by atoms with Crippen LogP contribution < -0.4 is 5.32 Å². The summed E-state index contributed by atoms with van der Waals surface area (Å²) >= 11 is 0. The average Bonchev–Trinajstić information content (AvgIpc) is 2.28. The summed E-state index contributed by atoms with van der Waals surface area (Å²) in [5, 5.41) is 12.8. The van der Waals surface area contributed by atoms with Crippen LogP contribution in [0.1, 0.15) is 43.1 Å². The first-order chi connectivity index (χ1) is 7.95. The van der Waals surface area contributed by atoms with Crippen molar-refractivity contribution in [1.29, 1.82) is 0 Å². The van der Waals surface area contributed by atoms with Crippen LogP contribution in [0.4, 0.5) is 0 Å². The molecule has 0 radical (unpaired) electrons. The molecule has 3 heteroatoms. The van der Waals surface area contributed by atoms with Crippen LogP contribution >= 0.6 is 0 Å². The topological polar surface area (TPSA) is 49.3 Å². The van der Waals surface area contributed by atoms with Crippen molar-refractivity contribution < 1.29 is 9.90 Å². The number of hydrogen-bond donors (Lipinski definition) is 2. The number of hydrogen-bond acceptors (Lipinski definition) is 2. The molecular weight excluding hydrogens is 214 g/mol. The molecule has 0 aliphatic carbocycles. The number of aryl methyl sites for hydroxylation is 2. The van der Waals surface area contributed by atoms with E-state index in [-0.39, 0.29) is 11.9 Å². The standard InChI is InChI=1S/C14H21NO2/c1-5-11(4)15-14(17)13(16)12-7-6-9(2)8-10(12)3/h6-8,11,13,16H,5H2,1-4H3,(H,15,17). The number of nitrogens with one attached hydrogen (secondary N) is 1. The molecule has 0 aromatic heterocycles. The van der Waals surface area contributed by atoms with E-state index in [0.717, 1.165) is 17.5 Å². The van der Waals surface area contributed by atoms with E-state index >= 15 is 0 Å². The molecule has 0 aliphatic rings. The zero-order valence-corrected chi connectivity index (χ0v) is 10.9. The molecule has 0 saturated heterocycles. The maximum absolute atomic E-state index is 11.8. The Bertz CT molecular complexity index is 401. The molecule has 0 bridgehead atoms. The number of aliphatic hydroxyl groups is 1. The summed E-state index contributed by atoms with van der Waals surface area (Å²) in [4.78, 5) is 11.8. The predicted octanol–water partition coefficient (Wildman–Crippen LogP) is 2.25. The summed E-state index contributed by atoms with van der Waals surface area (Å²) in [6.45, 7) is 7.81. The fraction of sp³-hybridized carbons (Fsp3) is 0.500. The van der Waals surface area contributed by atoms with Gasteiger partial charge in [0.05, 0.1) is 0 Å². The van der Waals surface area contributed by atoms with Crippen molar-refractivity contribution in [2.24, 2.45) is 0 Å². The Morgan fingerprint density at radius 2 is 2.06 bits per heavy atom. The van der Waals surface area contributed by atoms with Crippen molar-refractivity contribution in [1.82, 2.24) is 5.32 Å². The van der Waals surface area contributed by atoms with Crippen molar-refractivity contribution in [2.45, 2.75) is 46.3 Å². The van der Waals surface area contributed by atoms with Gasteiger partial charge in [0.15, 0.2) is 6.10 Å². The molecule has 1 amide bonds. The zero-order chi connectivity index (χ0) is 13.0. The smallest absolute Gasteiger partial charge is 0.253 e. The fourth-order valence-electron chi connectivity index (χ4n) is 1.70. The molecule has 0 spiro atoms. The predicted molar refractivity (Wildman–Crippen MR) is 68.8 cm³/mol. The first-order valence-electron chi connectivity index (χ1n) is 6.01. The minimum Gasteiger partial charge on any atom is -0.378 e. The molecule has 0 fully saturated rings. The van der Waals surface area contributed by atoms with E-state index in [1.165, 1.54) is 0 Å². The summed E-state index contributed by atoms with van der Waals surface area (Å²) in [6.07, 6.45) is -0.227. The molecular formula is C14H21NO2. The highest BCUT2D eigenvalue weighted by Crippen LogP contribution is 2.19. The highest BCUT2D eigenvalue weighted by atomic mass is 16.3. The molecule has 0 aliphatic heterocycles. The van der Waals surface area contributed by atoms with Gasteiger partial charge in [-0.1, -0.05) is 30.7 Å². The SMILES string of the molecule is CCC(C)NC(=O)C(O)c1ccc(C)cc1C. The number of carbonyl (C=O) groups excluding carboxylic acids is 1. The molecule has 0 saturated carbocycles. The van der Waals surface area contributed by atoms with Crippen LogP contribution in [0.3, 0.4) is 0 Å². The minimum atomic E-state index is -1.08. The second kappa shape index (κ2) is 5.82. The van der Waals surface area contributed by atoms with Gasteiger partial charge in [-0.25, -0.2) is 0 Å². The van der Waals surface area contributed by atoms with E-state index in [0.29, 0.717) is 5.56 Å². The normalized spacial score (nSPS) is 14.2. The molecule has 2 atom stereocenters. The lowest BCUT2D eigenvalue weighted by atomic mass is 10.0. The van der Waals surface area contributed by atoms with Gasteiger partial charge < -0.3 is 10.4 Å². The number of amides is 1. The molecule has 3 nitrogen and oxygen atoms in total. The van der Waals surface area contributed by atoms with Crippen molar-refractivity contribution in [3.8, 4) is 0 Å². The van der Waals surface area contributed by atoms with Crippen LogP contribution in [-0.2, 0) is 4.79 Å². The number of aliphatic hydroxyl groups excluding tert-OH is 1. The van der Waals surface area contributed by atoms with Gasteiger partial charge in [0.2, 0.25) is 0 Å². The summed E-state index contributed by atoms with van der Waals surface area (Å²) in [7, 11) is 0. The molecule has 17 heavy (non-hydrogen) atoms. The Labute approximate surface area is 103 Å². The molecule has 1 rings (SSSR count). The van der Waals surface area contributed by atoms with Gasteiger partial charge >= 0.3 is 0 Å². The van der Waals surface area contributed by atoms with Crippen molar-refractivity contribution in [3.63, 3.8) is 0 Å². The third-order valence-electron chi connectivity index (χ3n) is 2.97. The van der Waals surface area contributed by atoms with E-state index in [1.807, 2.05) is 45.9 Å². The summed E-state index contributed by atoms with van der Waals surface area (Å²) in [6, 6.07) is 5.77. The third-order valence-corrected chi connectivity index (χ3v) is 2.97. The monoisotopic (exact) mass is 235 g/mol. The van der Waals surface area contributed by atoms with E-state index in [4.69, 9.17) is 0 Å². The van der Waals surface area contributed by atoms with Gasteiger partial charge in [-0.05, 0) is 38.3 Å². The number of benzene rings is 1. The lowest BCUT2D eigenvalue weighted by Gasteiger charge is -2.17. The molecule has 94 valence electrons. The molecule has 2 N–H and O–H groups in total. The Morgan fingerprint density at radius 3 is 2.59 bits per heavy atom. The van der Waals surface area contributed by atoms with E-state index in [1.54, 1.807) is 0 Å². The maximum Gasteiger partial charge on any atom is 0.253 e. The van der Waals surface area contributed by atoms with Crippen molar-refractivity contribution >= 4 is 5.91 Å². The Morgan fingerprint density at radius 1 is 1.41 bits per heavy atom. The first kappa shape index (κ1) is 13.7. The zero-order valence-electron chi connectivity index (χ0n) is 10.9. The Hall–Kier alpha value is -1.35. The van der Waals surface area contributed by atoms with Crippen LogP contribution in [0.2, 0.25) is 0 Å². The van der Waals surface area contributed by atoms with Crippen LogP contribution in [0, 0.1) is 13.8 Å². The third kappa shape index (κ3) is 3.56. The number of rotatable bonds is 4. The lowest BCUT2D eigenvalue weighted by molar-refractivity contribution is -0.130. The van der Waals surface area contributed by atoms with Crippen LogP contribution in [0.15, 0.2) is 18.2 Å². The first-order valence-corrected chi connectivity index (χ1v) is 6.01. The Kier molecular flexibility index (Phi) is 4.70. The quantitative estimate of drug-likeness (QED) is 0.841. The van der Waals surface area contributed by atoms with Gasteiger partial charge in [-0.2, -0.15) is 0 Å². The summed E-state index contributed by atoms with van der Waals surface area (Å²) in [5.74, 6) is -0.327. The van der Waals surface area contributed by atoms with E-state index in [9.17, 15) is 9.90 Å². The summed E-state index contributed by atoms with van der Waals surface area (Å²) < 4.78 is 0. The second-order valence-corrected chi connectivity index (χ2v) is 4.58. The average molecular weight is 235 g/mol. The van der Waals surface area contributed by atoms with Crippen molar-refractivity contribution in [3.05, 3.63) is 34.9 Å². The minimum absolute atomic E-state index is 0.0860. The number of carbonyl (C=O) groups is 1. The highest BCUT2D eigenvalue weighted by molar-refractivity contribution is 5.82. The molecule has 1 aromatic carbocycles. The van der Waals surface area contributed by atoms with Gasteiger partial charge in [-0.3, -0.25) is 4.79 Å². The molecule has 0 heterocycles. The van der Waals surface area contributed by atoms with E-state index < -0.39 is 6.10 Å². The highest BCUT2D eigenvalue weighted by Gasteiger charge is 2.20. The molecule has 2 unspecified atom stereocenters.